The highest BCUT2D eigenvalue weighted by Gasteiger charge is 2.41. The van der Waals surface area contributed by atoms with Gasteiger partial charge in [0.15, 0.2) is 0 Å². The van der Waals surface area contributed by atoms with Crippen LogP contribution in [0, 0.1) is 5.41 Å². The number of piperidine rings is 2. The van der Waals surface area contributed by atoms with Crippen LogP contribution in [0.3, 0.4) is 0 Å². The number of amides is 1. The highest BCUT2D eigenvalue weighted by atomic mass is 16.5. The molecule has 0 radical (unpaired) electrons. The van der Waals surface area contributed by atoms with Crippen molar-refractivity contribution >= 4 is 11.7 Å². The molecule has 0 bridgehead atoms. The van der Waals surface area contributed by atoms with E-state index in [0.29, 0.717) is 18.9 Å². The molecule has 23 heavy (non-hydrogen) atoms. The van der Waals surface area contributed by atoms with Crippen molar-refractivity contribution < 1.29 is 9.53 Å². The summed E-state index contributed by atoms with van der Waals surface area (Å²) < 4.78 is 5.12. The van der Waals surface area contributed by atoms with Gasteiger partial charge < -0.3 is 14.5 Å². The second-order valence-electron chi connectivity index (χ2n) is 6.75. The Morgan fingerprint density at radius 2 is 2.22 bits per heavy atom. The van der Waals surface area contributed by atoms with Crippen molar-refractivity contribution in [1.29, 1.82) is 0 Å². The summed E-state index contributed by atoms with van der Waals surface area (Å²) in [5, 5.41) is 0. The van der Waals surface area contributed by atoms with Gasteiger partial charge >= 0.3 is 0 Å². The number of ether oxygens (including phenoxy) is 1. The van der Waals surface area contributed by atoms with E-state index in [1.807, 2.05) is 11.1 Å². The molecular weight excluding hydrogens is 292 g/mol. The molecule has 126 valence electrons. The van der Waals surface area contributed by atoms with Crippen molar-refractivity contribution in [3.05, 3.63) is 18.6 Å². The zero-order valence-corrected chi connectivity index (χ0v) is 13.9. The Morgan fingerprint density at radius 1 is 1.30 bits per heavy atom. The van der Waals surface area contributed by atoms with Crippen molar-refractivity contribution in [3.8, 4) is 0 Å². The van der Waals surface area contributed by atoms with Gasteiger partial charge in [-0.05, 0) is 25.7 Å². The predicted octanol–water partition coefficient (Wildman–Crippen LogP) is 1.72. The van der Waals surface area contributed by atoms with Gasteiger partial charge in [-0.1, -0.05) is 0 Å². The Morgan fingerprint density at radius 3 is 3.00 bits per heavy atom. The summed E-state index contributed by atoms with van der Waals surface area (Å²) in [5.41, 5.74) is 0.205. The minimum atomic E-state index is 0.205. The minimum absolute atomic E-state index is 0.205. The molecule has 1 amide bonds. The number of aromatic nitrogens is 2. The summed E-state index contributed by atoms with van der Waals surface area (Å²) in [5.74, 6) is 1.25. The highest BCUT2D eigenvalue weighted by Crippen LogP contribution is 2.39. The van der Waals surface area contributed by atoms with E-state index in [0.717, 1.165) is 51.3 Å². The highest BCUT2D eigenvalue weighted by molar-refractivity contribution is 5.77. The number of likely N-dealkylation sites (tertiary alicyclic amines) is 1. The Kier molecular flexibility index (Phi) is 5.10. The number of anilines is 1. The summed E-state index contributed by atoms with van der Waals surface area (Å²) in [6.07, 6.45) is 10.2. The number of rotatable bonds is 5. The van der Waals surface area contributed by atoms with Gasteiger partial charge in [0.25, 0.3) is 0 Å². The molecule has 3 rings (SSSR count). The summed E-state index contributed by atoms with van der Waals surface area (Å²) in [7, 11) is 1.71. The summed E-state index contributed by atoms with van der Waals surface area (Å²) in [6.45, 7) is 4.38. The van der Waals surface area contributed by atoms with Crippen LogP contribution in [0.1, 0.15) is 32.1 Å². The molecule has 3 heterocycles. The number of hydrogen-bond acceptors (Lipinski definition) is 5. The molecule has 1 aromatic rings. The summed E-state index contributed by atoms with van der Waals surface area (Å²) >= 11 is 0. The van der Waals surface area contributed by atoms with Gasteiger partial charge in [-0.15, -0.1) is 0 Å². The van der Waals surface area contributed by atoms with Crippen molar-refractivity contribution in [2.24, 2.45) is 5.41 Å². The molecule has 0 aromatic carbocycles. The maximum Gasteiger partial charge on any atom is 0.222 e. The normalized spacial score (nSPS) is 25.2. The number of hydrogen-bond donors (Lipinski definition) is 0. The van der Waals surface area contributed by atoms with Crippen LogP contribution in [0.5, 0.6) is 0 Å². The lowest BCUT2D eigenvalue weighted by molar-refractivity contribution is -0.138. The van der Waals surface area contributed by atoms with E-state index >= 15 is 0 Å². The number of nitrogens with zero attached hydrogens (tertiary/aromatic N) is 4. The Hall–Kier alpha value is -1.69. The van der Waals surface area contributed by atoms with Gasteiger partial charge in [0.1, 0.15) is 5.82 Å². The van der Waals surface area contributed by atoms with E-state index in [4.69, 9.17) is 4.74 Å². The average molecular weight is 318 g/mol. The van der Waals surface area contributed by atoms with Gasteiger partial charge in [0.05, 0.1) is 6.20 Å². The summed E-state index contributed by atoms with van der Waals surface area (Å²) in [6, 6.07) is 0. The number of carbonyl (C=O) groups is 1. The third-order valence-corrected chi connectivity index (χ3v) is 5.06. The largest absolute Gasteiger partial charge is 0.385 e. The lowest BCUT2D eigenvalue weighted by Gasteiger charge is -2.48. The number of carbonyl (C=O) groups excluding carboxylic acids is 1. The molecule has 1 aromatic heterocycles. The molecular formula is C17H26N4O2. The smallest absolute Gasteiger partial charge is 0.222 e. The first-order valence-corrected chi connectivity index (χ1v) is 8.50. The molecule has 0 N–H and O–H groups in total. The molecule has 0 saturated carbocycles. The average Bonchev–Trinajstić information content (AvgIpc) is 2.59. The SMILES string of the molecule is COCCCN1C[C@]2(CCCN(c3cnccn3)C2)CCC1=O. The Labute approximate surface area is 137 Å². The maximum absolute atomic E-state index is 12.2. The third-order valence-electron chi connectivity index (χ3n) is 5.06. The van der Waals surface area contributed by atoms with Crippen LogP contribution in [0.25, 0.3) is 0 Å². The zero-order valence-electron chi connectivity index (χ0n) is 13.9. The van der Waals surface area contributed by atoms with E-state index in [1.54, 1.807) is 19.5 Å². The van der Waals surface area contributed by atoms with Crippen molar-refractivity contribution in [2.45, 2.75) is 32.1 Å². The molecule has 6 nitrogen and oxygen atoms in total. The molecule has 0 aliphatic carbocycles. The van der Waals surface area contributed by atoms with Gasteiger partial charge in [-0.2, -0.15) is 0 Å². The van der Waals surface area contributed by atoms with Crippen LogP contribution in [-0.4, -0.2) is 60.7 Å². The second kappa shape index (κ2) is 7.25. The third kappa shape index (κ3) is 3.80. The molecule has 2 aliphatic rings. The fraction of sp³-hybridized carbons (Fsp3) is 0.706. The van der Waals surface area contributed by atoms with E-state index in [-0.39, 0.29) is 5.41 Å². The van der Waals surface area contributed by atoms with Crippen molar-refractivity contribution in [2.75, 3.05) is 44.8 Å². The molecule has 6 heteroatoms. The van der Waals surface area contributed by atoms with Crippen molar-refractivity contribution in [3.63, 3.8) is 0 Å². The van der Waals surface area contributed by atoms with Crippen LogP contribution in [-0.2, 0) is 9.53 Å². The van der Waals surface area contributed by atoms with Gasteiger partial charge in [0.2, 0.25) is 5.91 Å². The fourth-order valence-electron chi connectivity index (χ4n) is 3.90. The zero-order chi connectivity index (χ0) is 16.1. The lowest BCUT2D eigenvalue weighted by Crippen LogP contribution is -2.54. The van der Waals surface area contributed by atoms with Crippen LogP contribution in [0.15, 0.2) is 18.6 Å². The topological polar surface area (TPSA) is 58.6 Å². The Bertz CT molecular complexity index is 525. The van der Waals surface area contributed by atoms with E-state index in [1.165, 1.54) is 6.42 Å². The van der Waals surface area contributed by atoms with Crippen LogP contribution in [0.2, 0.25) is 0 Å². The molecule has 2 saturated heterocycles. The van der Waals surface area contributed by atoms with Gasteiger partial charge in [-0.3, -0.25) is 9.78 Å². The molecule has 2 aliphatic heterocycles. The van der Waals surface area contributed by atoms with Gasteiger partial charge in [-0.25, -0.2) is 4.98 Å². The first-order valence-electron chi connectivity index (χ1n) is 8.50. The molecule has 0 unspecified atom stereocenters. The molecule has 2 fully saturated rings. The minimum Gasteiger partial charge on any atom is -0.385 e. The summed E-state index contributed by atoms with van der Waals surface area (Å²) in [4.78, 5) is 25.2. The maximum atomic E-state index is 12.2. The van der Waals surface area contributed by atoms with Gasteiger partial charge in [0, 0.05) is 64.1 Å². The first-order chi connectivity index (χ1) is 11.2. The standard InChI is InChI=1S/C17H26N4O2/c1-23-11-3-10-21-14-17(6-4-16(21)22)5-2-9-20(13-17)15-12-18-7-8-19-15/h7-8,12H,2-6,9-11,13-14H2,1H3/t17-/m1/s1. The second-order valence-corrected chi connectivity index (χ2v) is 6.75. The quantitative estimate of drug-likeness (QED) is 0.774. The molecule has 1 atom stereocenters. The fourth-order valence-corrected chi connectivity index (χ4v) is 3.90. The molecule has 1 spiro atoms. The van der Waals surface area contributed by atoms with E-state index < -0.39 is 0 Å². The van der Waals surface area contributed by atoms with E-state index in [2.05, 4.69) is 14.9 Å². The number of methoxy groups -OCH3 is 1. The predicted molar refractivity (Wildman–Crippen MR) is 88.2 cm³/mol. The first kappa shape index (κ1) is 16.2. The van der Waals surface area contributed by atoms with Crippen LogP contribution < -0.4 is 4.90 Å². The lowest BCUT2D eigenvalue weighted by atomic mass is 9.73. The Balaban J connectivity index is 1.67. The van der Waals surface area contributed by atoms with Crippen LogP contribution >= 0.6 is 0 Å². The monoisotopic (exact) mass is 318 g/mol. The van der Waals surface area contributed by atoms with E-state index in [9.17, 15) is 4.79 Å². The van der Waals surface area contributed by atoms with Crippen molar-refractivity contribution in [1.82, 2.24) is 14.9 Å². The van der Waals surface area contributed by atoms with Crippen LogP contribution in [0.4, 0.5) is 5.82 Å².